The summed E-state index contributed by atoms with van der Waals surface area (Å²) in [6.45, 7) is 28.6. The van der Waals surface area contributed by atoms with E-state index in [0.717, 1.165) is 10.5 Å². The molecule has 0 amide bonds. The third-order valence-electron chi connectivity index (χ3n) is 10.8. The van der Waals surface area contributed by atoms with Gasteiger partial charge in [0.1, 0.15) is 0 Å². The molecule has 5 rings (SSSR count). The number of rotatable bonds is 4. The van der Waals surface area contributed by atoms with E-state index in [2.05, 4.69) is 150 Å². The van der Waals surface area contributed by atoms with E-state index in [-0.39, 0.29) is 41.1 Å². The topological polar surface area (TPSA) is 0 Å². The summed E-state index contributed by atoms with van der Waals surface area (Å²) < 4.78 is 11.6. The number of hydrogen-bond donors (Lipinski definition) is 0. The molecule has 3 aromatic carbocycles. The number of halogens is 2. The van der Waals surface area contributed by atoms with Crippen molar-refractivity contribution in [1.82, 2.24) is 0 Å². The summed E-state index contributed by atoms with van der Waals surface area (Å²) >= 11 is -4.46. The zero-order chi connectivity index (χ0) is 31.1. The first-order valence-electron chi connectivity index (χ1n) is 16.2. The summed E-state index contributed by atoms with van der Waals surface area (Å²) in [5.74, 6) is 0.382. The molecule has 2 aliphatic rings. The number of hydrogen-bond acceptors (Lipinski definition) is 0. The second kappa shape index (κ2) is 11.9. The van der Waals surface area contributed by atoms with Crippen molar-refractivity contribution in [2.75, 3.05) is 0 Å². The fourth-order valence-electron chi connectivity index (χ4n) is 8.35. The molecule has 0 radical (unpaired) electrons. The molecule has 0 saturated heterocycles. The molecule has 1 unspecified atom stereocenters. The third-order valence-corrected chi connectivity index (χ3v) is 28.4. The van der Waals surface area contributed by atoms with E-state index in [9.17, 15) is 0 Å². The monoisotopic (exact) mass is 708 g/mol. The molecule has 0 spiro atoms. The van der Waals surface area contributed by atoms with Crippen LogP contribution in [0, 0.1) is 11.3 Å². The van der Waals surface area contributed by atoms with Gasteiger partial charge in [-0.15, -0.1) is 24.8 Å². The van der Waals surface area contributed by atoms with Crippen molar-refractivity contribution in [2.24, 2.45) is 11.3 Å². The Labute approximate surface area is 282 Å². The molecule has 0 saturated carbocycles. The number of fused-ring (bicyclic) bond motifs is 3. The van der Waals surface area contributed by atoms with Crippen molar-refractivity contribution in [3.63, 3.8) is 0 Å². The Morgan fingerprint density at radius 1 is 0.750 bits per heavy atom. The van der Waals surface area contributed by atoms with Gasteiger partial charge in [-0.1, -0.05) is 0 Å². The predicted octanol–water partition coefficient (Wildman–Crippen LogP) is 11.1. The predicted molar refractivity (Wildman–Crippen MR) is 199 cm³/mol. The molecule has 0 bridgehead atoms. The van der Waals surface area contributed by atoms with Gasteiger partial charge in [-0.25, -0.2) is 0 Å². The summed E-state index contributed by atoms with van der Waals surface area (Å²) in [6.07, 6.45) is 3.58. The van der Waals surface area contributed by atoms with Gasteiger partial charge in [-0.05, 0) is 0 Å². The van der Waals surface area contributed by atoms with Gasteiger partial charge in [0, 0.05) is 0 Å². The van der Waals surface area contributed by atoms with E-state index in [1.807, 2.05) is 0 Å². The van der Waals surface area contributed by atoms with Gasteiger partial charge < -0.3 is 0 Å². The first-order valence-corrected chi connectivity index (χ1v) is 23.3. The molecule has 3 heteroatoms. The zero-order valence-electron chi connectivity index (χ0n) is 29.4. The standard InChI is InChI=1S/C21H25.C11H17.C6H5.C2H5.CH2.2ClH.Zr/c1-20(2,3)16-9-7-14-11-15-8-10-17(21(4,5)6)13-19(15)18(14)12-16;1-8-6-9(2)10(7-8)11(3,4)5;1-2-4-6-5-3-1;1-2;;;;/h7,9-10,12-13H,11H2,1-6H3;7-8H,1-5H3;1-5H;1H2,2H3;1H2;2*1H;. The molecule has 1 atom stereocenters. The SMILES string of the molecule is Cl.Cl.[CH2]=[Zr]([CH2]C)([C]1=C(C)C(C(C)(C)C)=CC1C)([c]1ccccc1)[c]1cc(C(C)(C)C)cc2c1Cc1ccc(C(C)(C)C)cc1-2. The average molecular weight is 711 g/mol. The van der Waals surface area contributed by atoms with Crippen LogP contribution in [-0.4, -0.2) is 4.21 Å². The first-order chi connectivity index (χ1) is 19.3. The first kappa shape index (κ1) is 36.9. The van der Waals surface area contributed by atoms with E-state index in [1.54, 1.807) is 12.1 Å². The second-order valence-electron chi connectivity index (χ2n) is 16.7. The molecule has 0 fully saturated rings. The van der Waals surface area contributed by atoms with Crippen LogP contribution >= 0.6 is 24.8 Å². The van der Waals surface area contributed by atoms with Gasteiger partial charge in [-0.2, -0.15) is 0 Å². The summed E-state index contributed by atoms with van der Waals surface area (Å²) in [5.41, 5.74) is 12.0. The normalized spacial score (nSPS) is 17.0. The number of allylic oxidation sites excluding steroid dienone is 4. The van der Waals surface area contributed by atoms with Crippen LogP contribution in [0.5, 0.6) is 0 Å². The van der Waals surface area contributed by atoms with Crippen LogP contribution in [0.2, 0.25) is 4.13 Å². The Hall–Kier alpha value is -1.53. The molecule has 3 aromatic rings. The van der Waals surface area contributed by atoms with Crippen molar-refractivity contribution < 1.29 is 18.3 Å². The van der Waals surface area contributed by atoms with Crippen LogP contribution in [0.15, 0.2) is 81.2 Å². The summed E-state index contributed by atoms with van der Waals surface area (Å²) in [7, 11) is 0. The van der Waals surface area contributed by atoms with Gasteiger partial charge in [0.25, 0.3) is 0 Å². The quantitative estimate of drug-likeness (QED) is 0.198. The van der Waals surface area contributed by atoms with E-state index in [0.29, 0.717) is 5.92 Å². The summed E-state index contributed by atoms with van der Waals surface area (Å²) in [5, 5.41) is 0. The molecule has 0 heterocycles. The molecular formula is C41H56Cl2Zr. The van der Waals surface area contributed by atoms with Crippen LogP contribution in [0.25, 0.3) is 11.1 Å². The Morgan fingerprint density at radius 2 is 1.32 bits per heavy atom. The molecular weight excluding hydrogens is 655 g/mol. The van der Waals surface area contributed by atoms with Crippen molar-refractivity contribution in [3.05, 3.63) is 103 Å². The van der Waals surface area contributed by atoms with Crippen LogP contribution < -0.4 is 6.54 Å². The van der Waals surface area contributed by atoms with Gasteiger partial charge in [-0.3, -0.25) is 0 Å². The van der Waals surface area contributed by atoms with Gasteiger partial charge in [0.2, 0.25) is 0 Å². The van der Waals surface area contributed by atoms with E-state index in [1.165, 1.54) is 42.2 Å². The maximum atomic E-state index is 5.70. The van der Waals surface area contributed by atoms with Crippen molar-refractivity contribution >= 4 is 35.6 Å². The zero-order valence-corrected chi connectivity index (χ0v) is 33.5. The Bertz CT molecular complexity index is 1700. The third kappa shape index (κ3) is 5.67. The van der Waals surface area contributed by atoms with Crippen molar-refractivity contribution in [1.29, 1.82) is 0 Å². The van der Waals surface area contributed by atoms with Crippen LogP contribution in [0.3, 0.4) is 0 Å². The van der Waals surface area contributed by atoms with Crippen LogP contribution in [0.1, 0.15) is 105 Å². The van der Waals surface area contributed by atoms with E-state index in [4.69, 9.17) is 4.21 Å². The van der Waals surface area contributed by atoms with Crippen molar-refractivity contribution in [2.45, 2.75) is 104 Å². The van der Waals surface area contributed by atoms with Crippen LogP contribution in [-0.2, 0) is 35.5 Å². The van der Waals surface area contributed by atoms with Gasteiger partial charge in [0.05, 0.1) is 0 Å². The van der Waals surface area contributed by atoms with E-state index < -0.39 is 18.3 Å². The summed E-state index contributed by atoms with van der Waals surface area (Å²) in [4.78, 5) is 0. The van der Waals surface area contributed by atoms with Gasteiger partial charge >= 0.3 is 259 Å². The molecule has 0 N–H and O–H groups in total. The molecule has 0 aliphatic heterocycles. The average Bonchev–Trinajstić information content (AvgIpc) is 3.43. The maximum absolute atomic E-state index is 5.70. The number of benzene rings is 3. The Balaban J connectivity index is 0.00000264. The molecule has 0 nitrogen and oxygen atoms in total. The van der Waals surface area contributed by atoms with Crippen molar-refractivity contribution in [3.8, 4) is 11.1 Å². The fraction of sp³-hybridized carbons (Fsp3) is 0.439. The Morgan fingerprint density at radius 3 is 1.82 bits per heavy atom. The van der Waals surface area contributed by atoms with E-state index >= 15 is 0 Å². The second-order valence-corrected chi connectivity index (χ2v) is 30.8. The van der Waals surface area contributed by atoms with Crippen LogP contribution in [0.4, 0.5) is 0 Å². The molecule has 238 valence electrons. The minimum absolute atomic E-state index is 0. The molecule has 44 heavy (non-hydrogen) atoms. The molecule has 0 aromatic heterocycles. The van der Waals surface area contributed by atoms with Gasteiger partial charge in [0.15, 0.2) is 0 Å². The Kier molecular flexibility index (Phi) is 10.0. The molecule has 2 aliphatic carbocycles. The minimum atomic E-state index is -4.46. The summed E-state index contributed by atoms with van der Waals surface area (Å²) in [6, 6.07) is 24.0. The fourth-order valence-corrected chi connectivity index (χ4v) is 25.0.